The van der Waals surface area contributed by atoms with Crippen molar-refractivity contribution in [2.24, 2.45) is 11.8 Å². The molecular formula is C23H27N5O5. The number of aromatic nitrogens is 3. The van der Waals surface area contributed by atoms with Crippen LogP contribution in [0.3, 0.4) is 0 Å². The van der Waals surface area contributed by atoms with Gasteiger partial charge in [0, 0.05) is 25.2 Å². The highest BCUT2D eigenvalue weighted by Gasteiger charge is 2.56. The lowest BCUT2D eigenvalue weighted by atomic mass is 10.1. The maximum atomic E-state index is 13.3. The number of pyridine rings is 1. The van der Waals surface area contributed by atoms with Crippen molar-refractivity contribution >= 4 is 34.6 Å². The second-order valence-corrected chi connectivity index (χ2v) is 9.29. The zero-order valence-corrected chi connectivity index (χ0v) is 18.7. The number of esters is 1. The minimum atomic E-state index is -0.527. The molecule has 3 heterocycles. The van der Waals surface area contributed by atoms with Crippen LogP contribution in [0, 0.1) is 11.8 Å². The van der Waals surface area contributed by atoms with E-state index in [4.69, 9.17) is 4.74 Å². The van der Waals surface area contributed by atoms with E-state index in [0.717, 1.165) is 12.8 Å². The molecule has 0 unspecified atom stereocenters. The summed E-state index contributed by atoms with van der Waals surface area (Å²) in [6, 6.07) is 2.95. The topological polar surface area (TPSA) is 123 Å². The van der Waals surface area contributed by atoms with Gasteiger partial charge in [-0.15, -0.1) is 0 Å². The molecule has 10 nitrogen and oxygen atoms in total. The first-order valence-electron chi connectivity index (χ1n) is 11.4. The fourth-order valence-electron chi connectivity index (χ4n) is 5.43. The monoisotopic (exact) mass is 453 g/mol. The molecule has 0 radical (unpaired) electrons. The van der Waals surface area contributed by atoms with Gasteiger partial charge in [-0.3, -0.25) is 19.2 Å². The van der Waals surface area contributed by atoms with Crippen LogP contribution in [0.2, 0.25) is 0 Å². The van der Waals surface area contributed by atoms with Gasteiger partial charge in [-0.1, -0.05) is 0 Å². The number of carbonyl (C=O) groups is 4. The first-order valence-corrected chi connectivity index (χ1v) is 11.4. The molecule has 0 aromatic carbocycles. The van der Waals surface area contributed by atoms with Crippen molar-refractivity contribution in [1.82, 2.24) is 25.0 Å². The van der Waals surface area contributed by atoms with Crippen molar-refractivity contribution in [2.45, 2.75) is 63.7 Å². The molecule has 5 rings (SSSR count). The molecule has 0 spiro atoms. The van der Waals surface area contributed by atoms with E-state index in [1.54, 1.807) is 23.2 Å². The van der Waals surface area contributed by atoms with E-state index in [9.17, 15) is 19.2 Å². The molecule has 2 aromatic heterocycles. The van der Waals surface area contributed by atoms with Gasteiger partial charge in [0.15, 0.2) is 11.4 Å². The molecule has 3 fully saturated rings. The van der Waals surface area contributed by atoms with Gasteiger partial charge in [0.25, 0.3) is 0 Å². The maximum Gasteiger partial charge on any atom is 0.308 e. The van der Waals surface area contributed by atoms with Crippen LogP contribution < -0.4 is 5.32 Å². The van der Waals surface area contributed by atoms with E-state index in [1.807, 2.05) is 0 Å². The van der Waals surface area contributed by atoms with E-state index in [2.05, 4.69) is 15.4 Å². The minimum Gasteiger partial charge on any atom is -0.469 e. The summed E-state index contributed by atoms with van der Waals surface area (Å²) in [4.78, 5) is 56.2. The molecule has 174 valence electrons. The van der Waals surface area contributed by atoms with Crippen LogP contribution in [0.1, 0.15) is 49.5 Å². The third-order valence-corrected chi connectivity index (χ3v) is 7.13. The molecule has 0 bridgehead atoms. The molecule has 2 aromatic rings. The quantitative estimate of drug-likeness (QED) is 0.513. The van der Waals surface area contributed by atoms with Crippen LogP contribution in [-0.2, 0) is 25.7 Å². The van der Waals surface area contributed by atoms with Crippen LogP contribution in [0.4, 0.5) is 0 Å². The van der Waals surface area contributed by atoms with Crippen LogP contribution in [0.5, 0.6) is 0 Å². The van der Waals surface area contributed by atoms with Crippen molar-refractivity contribution in [3.63, 3.8) is 0 Å². The Balaban J connectivity index is 1.29. The number of ether oxygens (including phenoxy) is 1. The molecule has 33 heavy (non-hydrogen) atoms. The third kappa shape index (κ3) is 3.87. The number of hydrogen-bond acceptors (Lipinski definition) is 7. The normalized spacial score (nSPS) is 27.9. The summed E-state index contributed by atoms with van der Waals surface area (Å²) in [5.74, 6) is -0.650. The Morgan fingerprint density at radius 1 is 1.18 bits per heavy atom. The van der Waals surface area contributed by atoms with Crippen LogP contribution >= 0.6 is 0 Å². The van der Waals surface area contributed by atoms with Gasteiger partial charge in [-0.05, 0) is 50.2 Å². The number of methoxy groups -OCH3 is 1. The Hall–Kier alpha value is -3.30. The van der Waals surface area contributed by atoms with Crippen molar-refractivity contribution in [2.75, 3.05) is 7.11 Å². The number of ketones is 1. The van der Waals surface area contributed by atoms with Gasteiger partial charge < -0.3 is 15.0 Å². The van der Waals surface area contributed by atoms with Crippen LogP contribution in [-0.4, -0.2) is 68.5 Å². The lowest BCUT2D eigenvalue weighted by molar-refractivity contribution is -0.145. The van der Waals surface area contributed by atoms with Gasteiger partial charge in [-0.25, -0.2) is 9.67 Å². The van der Waals surface area contributed by atoms with E-state index in [1.165, 1.54) is 18.7 Å². The number of fused-ring (bicyclic) bond motifs is 2. The van der Waals surface area contributed by atoms with Gasteiger partial charge in [0.05, 0.1) is 18.4 Å². The van der Waals surface area contributed by atoms with Crippen molar-refractivity contribution < 1.29 is 23.9 Å². The molecular weight excluding hydrogens is 426 g/mol. The number of rotatable bonds is 6. The zero-order chi connectivity index (χ0) is 23.3. The SMILES string of the molecule is COC(=O)[C@@H]1CC[C@@H](NC(=O)[C@@H]2C[C@H]3C[C@H]3N2C(=O)Cn2nc(C(C)=O)c3cccnc32)C1. The predicted molar refractivity (Wildman–Crippen MR) is 116 cm³/mol. The summed E-state index contributed by atoms with van der Waals surface area (Å²) >= 11 is 0. The average molecular weight is 453 g/mol. The Labute approximate surface area is 190 Å². The van der Waals surface area contributed by atoms with Gasteiger partial charge >= 0.3 is 5.97 Å². The number of piperidine rings is 1. The molecule has 1 aliphatic heterocycles. The second-order valence-electron chi connectivity index (χ2n) is 9.29. The third-order valence-electron chi connectivity index (χ3n) is 7.13. The van der Waals surface area contributed by atoms with E-state index in [-0.39, 0.29) is 53.8 Å². The summed E-state index contributed by atoms with van der Waals surface area (Å²) < 4.78 is 6.28. The number of likely N-dealkylation sites (tertiary alicyclic amines) is 1. The molecule has 5 atom stereocenters. The number of amides is 2. The summed E-state index contributed by atoms with van der Waals surface area (Å²) in [5, 5.41) is 8.00. The highest BCUT2D eigenvalue weighted by atomic mass is 16.5. The Morgan fingerprint density at radius 3 is 2.76 bits per heavy atom. The summed E-state index contributed by atoms with van der Waals surface area (Å²) in [7, 11) is 1.38. The van der Waals surface area contributed by atoms with E-state index >= 15 is 0 Å². The van der Waals surface area contributed by atoms with Crippen molar-refractivity contribution in [3.8, 4) is 0 Å². The Morgan fingerprint density at radius 2 is 2.00 bits per heavy atom. The first kappa shape index (κ1) is 21.5. The van der Waals surface area contributed by atoms with Crippen molar-refractivity contribution in [3.05, 3.63) is 24.0 Å². The minimum absolute atomic E-state index is 0.0710. The summed E-state index contributed by atoms with van der Waals surface area (Å²) in [6.07, 6.45) is 5.12. The average Bonchev–Trinajstić information content (AvgIpc) is 3.15. The molecule has 2 saturated carbocycles. The lowest BCUT2D eigenvalue weighted by Crippen LogP contribution is -2.50. The van der Waals surface area contributed by atoms with Crippen LogP contribution in [0.15, 0.2) is 18.3 Å². The number of nitrogens with one attached hydrogen (secondary N) is 1. The maximum absolute atomic E-state index is 13.3. The fraction of sp³-hybridized carbons (Fsp3) is 0.565. The first-order chi connectivity index (χ1) is 15.9. The number of nitrogens with zero attached hydrogens (tertiary/aromatic N) is 4. The molecule has 2 amide bonds. The van der Waals surface area contributed by atoms with E-state index < -0.39 is 6.04 Å². The summed E-state index contributed by atoms with van der Waals surface area (Å²) in [5.41, 5.74) is 0.760. The lowest BCUT2D eigenvalue weighted by Gasteiger charge is -2.28. The highest BCUT2D eigenvalue weighted by Crippen LogP contribution is 2.48. The van der Waals surface area contributed by atoms with E-state index in [0.29, 0.717) is 36.2 Å². The predicted octanol–water partition coefficient (Wildman–Crippen LogP) is 1.08. The second kappa shape index (κ2) is 8.24. The largest absolute Gasteiger partial charge is 0.469 e. The number of carbonyl (C=O) groups excluding carboxylic acids is 4. The molecule has 1 N–H and O–H groups in total. The standard InChI is InChI=1S/C23H27N5O5/c1-12(29)20-16-4-3-7-24-21(16)27(26-20)11-19(30)28-17-9-14(17)10-18(28)22(31)25-15-6-5-13(8-15)23(32)33-2/h3-4,7,13-15,17-18H,5-6,8-11H2,1-2H3,(H,25,31)/t13-,14-,15-,17-,18+/m1/s1. The van der Waals surface area contributed by atoms with Gasteiger partial charge in [-0.2, -0.15) is 5.10 Å². The van der Waals surface area contributed by atoms with Crippen LogP contribution in [0.25, 0.3) is 11.0 Å². The van der Waals surface area contributed by atoms with Gasteiger partial charge in [0.2, 0.25) is 11.8 Å². The zero-order valence-electron chi connectivity index (χ0n) is 18.7. The van der Waals surface area contributed by atoms with Gasteiger partial charge in [0.1, 0.15) is 18.3 Å². The molecule has 2 aliphatic carbocycles. The molecule has 3 aliphatic rings. The Kier molecular flexibility index (Phi) is 5.38. The smallest absolute Gasteiger partial charge is 0.308 e. The fourth-order valence-corrected chi connectivity index (χ4v) is 5.43. The highest BCUT2D eigenvalue weighted by molar-refractivity contribution is 6.04. The molecule has 1 saturated heterocycles. The number of hydrogen-bond donors (Lipinski definition) is 1. The summed E-state index contributed by atoms with van der Waals surface area (Å²) in [6.45, 7) is 1.35. The number of Topliss-reactive ketones (excluding diaryl/α,β-unsaturated/α-hetero) is 1. The van der Waals surface area contributed by atoms with Crippen molar-refractivity contribution in [1.29, 1.82) is 0 Å². The molecule has 10 heteroatoms. The Bertz CT molecular complexity index is 1140.